The normalized spacial score (nSPS) is 12.4. The lowest BCUT2D eigenvalue weighted by Gasteiger charge is -2.14. The Balaban J connectivity index is 1.87. The molecule has 2 aromatic rings. The van der Waals surface area contributed by atoms with Crippen molar-refractivity contribution in [3.8, 4) is 0 Å². The Hall–Kier alpha value is -2.31. The molecule has 0 saturated heterocycles. The molecule has 0 aromatic carbocycles. The van der Waals surface area contributed by atoms with Gasteiger partial charge in [0, 0.05) is 17.5 Å². The van der Waals surface area contributed by atoms with E-state index in [-0.39, 0.29) is 12.1 Å². The fourth-order valence-corrected chi connectivity index (χ4v) is 2.91. The van der Waals surface area contributed by atoms with Crippen LogP contribution >= 0.6 is 0 Å². The highest BCUT2D eigenvalue weighted by Gasteiger charge is 2.18. The third-order valence-corrected chi connectivity index (χ3v) is 4.27. The van der Waals surface area contributed by atoms with Crippen molar-refractivity contribution >= 4 is 6.03 Å². The maximum Gasteiger partial charge on any atom is 0.315 e. The molecule has 0 spiro atoms. The molecule has 0 aliphatic heterocycles. The fourth-order valence-electron chi connectivity index (χ4n) is 2.91. The number of amides is 2. The summed E-state index contributed by atoms with van der Waals surface area (Å²) in [6.07, 6.45) is 2.04. The molecule has 2 N–H and O–H groups in total. The van der Waals surface area contributed by atoms with Gasteiger partial charge >= 0.3 is 6.03 Å². The Labute approximate surface area is 142 Å². The second-order valence-electron chi connectivity index (χ2n) is 6.02. The Bertz CT molecular complexity index is 654. The number of carbonyl (C=O) groups is 1. The molecule has 0 aliphatic carbocycles. The second kappa shape index (κ2) is 7.99. The monoisotopic (exact) mass is 334 g/mol. The summed E-state index contributed by atoms with van der Waals surface area (Å²) in [5.41, 5.74) is 2.63. The van der Waals surface area contributed by atoms with Crippen LogP contribution in [-0.4, -0.2) is 16.3 Å². The average Bonchev–Trinajstić information content (AvgIpc) is 3.13. The first-order valence-corrected chi connectivity index (χ1v) is 8.38. The van der Waals surface area contributed by atoms with Crippen molar-refractivity contribution in [1.29, 1.82) is 0 Å². The van der Waals surface area contributed by atoms with Gasteiger partial charge in [-0.05, 0) is 33.6 Å². The predicted octanol–water partition coefficient (Wildman–Crippen LogP) is 3.74. The molecule has 0 bridgehead atoms. The van der Waals surface area contributed by atoms with Crippen molar-refractivity contribution in [1.82, 2.24) is 20.9 Å². The largest absolute Gasteiger partial charge is 0.361 e. The SMILES string of the molecule is CCC(CC)c1cc(CNC(=O)NC(C)c2c(C)noc2C)on1. The van der Waals surface area contributed by atoms with Crippen LogP contribution in [0.3, 0.4) is 0 Å². The minimum Gasteiger partial charge on any atom is -0.361 e. The summed E-state index contributed by atoms with van der Waals surface area (Å²) in [6.45, 7) is 10.1. The number of aromatic nitrogens is 2. The number of rotatable bonds is 7. The summed E-state index contributed by atoms with van der Waals surface area (Å²) in [7, 11) is 0. The smallest absolute Gasteiger partial charge is 0.315 e. The number of hydrogen-bond acceptors (Lipinski definition) is 5. The van der Waals surface area contributed by atoms with Crippen LogP contribution in [0.25, 0.3) is 0 Å². The zero-order chi connectivity index (χ0) is 17.7. The lowest BCUT2D eigenvalue weighted by Crippen LogP contribution is -2.36. The standard InChI is InChI=1S/C17H26N4O3/c1-6-13(7-2)15-8-14(24-21-15)9-18-17(22)19-10(3)16-11(4)20-23-12(16)5/h8,10,13H,6-7,9H2,1-5H3,(H2,18,19,22). The minimum absolute atomic E-state index is 0.189. The van der Waals surface area contributed by atoms with E-state index < -0.39 is 0 Å². The van der Waals surface area contributed by atoms with Crippen molar-refractivity contribution in [2.45, 2.75) is 66.0 Å². The van der Waals surface area contributed by atoms with Crippen LogP contribution in [0.1, 0.15) is 74.0 Å². The zero-order valence-corrected chi connectivity index (χ0v) is 15.0. The van der Waals surface area contributed by atoms with Crippen LogP contribution in [-0.2, 0) is 6.54 Å². The molecule has 2 amide bonds. The van der Waals surface area contributed by atoms with Gasteiger partial charge in [0.1, 0.15) is 5.76 Å². The summed E-state index contributed by atoms with van der Waals surface area (Å²) in [6, 6.07) is 1.45. The maximum absolute atomic E-state index is 12.1. The molecular formula is C17H26N4O3. The highest BCUT2D eigenvalue weighted by atomic mass is 16.5. The first kappa shape index (κ1) is 18.0. The van der Waals surface area contributed by atoms with Gasteiger partial charge in [0.15, 0.2) is 5.76 Å². The quantitative estimate of drug-likeness (QED) is 0.804. The maximum atomic E-state index is 12.1. The Morgan fingerprint density at radius 1 is 1.21 bits per heavy atom. The molecular weight excluding hydrogens is 308 g/mol. The lowest BCUT2D eigenvalue weighted by atomic mass is 9.99. The van der Waals surface area contributed by atoms with E-state index in [0.29, 0.717) is 24.0 Å². The third-order valence-electron chi connectivity index (χ3n) is 4.27. The fraction of sp³-hybridized carbons (Fsp3) is 0.588. The van der Waals surface area contributed by atoms with Gasteiger partial charge in [-0.3, -0.25) is 0 Å². The van der Waals surface area contributed by atoms with Crippen LogP contribution in [0.15, 0.2) is 15.1 Å². The first-order valence-electron chi connectivity index (χ1n) is 8.38. The Morgan fingerprint density at radius 3 is 2.50 bits per heavy atom. The topological polar surface area (TPSA) is 93.2 Å². The highest BCUT2D eigenvalue weighted by molar-refractivity contribution is 5.74. The van der Waals surface area contributed by atoms with E-state index in [1.165, 1.54) is 0 Å². The van der Waals surface area contributed by atoms with Crippen LogP contribution in [0.2, 0.25) is 0 Å². The van der Waals surface area contributed by atoms with Gasteiger partial charge in [0.25, 0.3) is 0 Å². The number of carbonyl (C=O) groups excluding carboxylic acids is 1. The first-order chi connectivity index (χ1) is 11.5. The second-order valence-corrected chi connectivity index (χ2v) is 6.02. The van der Waals surface area contributed by atoms with E-state index in [4.69, 9.17) is 9.05 Å². The van der Waals surface area contributed by atoms with Gasteiger partial charge in [0.2, 0.25) is 0 Å². The van der Waals surface area contributed by atoms with Crippen LogP contribution in [0.4, 0.5) is 4.79 Å². The van der Waals surface area contributed by atoms with Crippen molar-refractivity contribution in [2.24, 2.45) is 0 Å². The Kier molecular flexibility index (Phi) is 6.00. The molecule has 7 heteroatoms. The molecule has 2 heterocycles. The van der Waals surface area contributed by atoms with Crippen molar-refractivity contribution in [3.05, 3.63) is 34.5 Å². The summed E-state index contributed by atoms with van der Waals surface area (Å²) in [5.74, 6) is 1.76. The van der Waals surface area contributed by atoms with E-state index in [0.717, 1.165) is 29.8 Å². The van der Waals surface area contributed by atoms with Gasteiger partial charge in [-0.15, -0.1) is 0 Å². The molecule has 2 aromatic heterocycles. The van der Waals surface area contributed by atoms with Crippen molar-refractivity contribution < 1.29 is 13.8 Å². The van der Waals surface area contributed by atoms with Crippen LogP contribution in [0, 0.1) is 13.8 Å². The molecule has 0 radical (unpaired) electrons. The van der Waals surface area contributed by atoms with E-state index in [2.05, 4.69) is 34.8 Å². The summed E-state index contributed by atoms with van der Waals surface area (Å²) in [5, 5.41) is 13.7. The summed E-state index contributed by atoms with van der Waals surface area (Å²) >= 11 is 0. The third kappa shape index (κ3) is 4.15. The van der Waals surface area contributed by atoms with E-state index in [1.54, 1.807) is 0 Å². The van der Waals surface area contributed by atoms with Crippen molar-refractivity contribution in [2.75, 3.05) is 0 Å². The average molecular weight is 334 g/mol. The number of nitrogens with zero attached hydrogens (tertiary/aromatic N) is 2. The van der Waals surface area contributed by atoms with Gasteiger partial charge in [-0.2, -0.15) is 0 Å². The Morgan fingerprint density at radius 2 is 1.92 bits per heavy atom. The number of urea groups is 1. The number of nitrogens with one attached hydrogen (secondary N) is 2. The van der Waals surface area contributed by atoms with Gasteiger partial charge in [-0.1, -0.05) is 24.2 Å². The van der Waals surface area contributed by atoms with Gasteiger partial charge in [0.05, 0.1) is 24.0 Å². The van der Waals surface area contributed by atoms with Crippen LogP contribution in [0.5, 0.6) is 0 Å². The molecule has 2 rings (SSSR count). The molecule has 24 heavy (non-hydrogen) atoms. The predicted molar refractivity (Wildman–Crippen MR) is 89.6 cm³/mol. The molecule has 132 valence electrons. The van der Waals surface area contributed by atoms with Gasteiger partial charge in [-0.25, -0.2) is 4.79 Å². The summed E-state index contributed by atoms with van der Waals surface area (Å²) < 4.78 is 10.4. The lowest BCUT2D eigenvalue weighted by molar-refractivity contribution is 0.235. The molecule has 0 saturated carbocycles. The number of hydrogen-bond donors (Lipinski definition) is 2. The van der Waals surface area contributed by atoms with E-state index >= 15 is 0 Å². The minimum atomic E-state index is -0.275. The van der Waals surface area contributed by atoms with E-state index in [1.807, 2.05) is 26.8 Å². The zero-order valence-electron chi connectivity index (χ0n) is 15.0. The summed E-state index contributed by atoms with van der Waals surface area (Å²) in [4.78, 5) is 12.1. The van der Waals surface area contributed by atoms with Crippen molar-refractivity contribution in [3.63, 3.8) is 0 Å². The molecule has 1 unspecified atom stereocenters. The molecule has 0 aliphatic rings. The van der Waals surface area contributed by atoms with E-state index in [9.17, 15) is 4.79 Å². The molecule has 1 atom stereocenters. The highest BCUT2D eigenvalue weighted by Crippen LogP contribution is 2.22. The molecule has 7 nitrogen and oxygen atoms in total. The van der Waals surface area contributed by atoms with Gasteiger partial charge < -0.3 is 19.7 Å². The van der Waals surface area contributed by atoms with Crippen LogP contribution < -0.4 is 10.6 Å². The molecule has 0 fully saturated rings. The number of aryl methyl sites for hydroxylation is 2.